The summed E-state index contributed by atoms with van der Waals surface area (Å²) in [5.74, 6) is 0.977. The molecule has 1 aromatic heterocycles. The lowest BCUT2D eigenvalue weighted by Crippen LogP contribution is -2.51. The fraction of sp³-hybridized carbons (Fsp3) is 0.400. The lowest BCUT2D eigenvalue weighted by molar-refractivity contribution is -0.136. The third kappa shape index (κ3) is 3.04. The summed E-state index contributed by atoms with van der Waals surface area (Å²) in [5.41, 5.74) is 1.00. The molecule has 1 fully saturated rings. The Morgan fingerprint density at radius 3 is 2.52 bits per heavy atom. The Kier molecular flexibility index (Phi) is 3.85. The highest BCUT2D eigenvalue weighted by atomic mass is 16.5. The van der Waals surface area contributed by atoms with Gasteiger partial charge in [0.25, 0.3) is 0 Å². The number of hydrogen-bond acceptors (Lipinski definition) is 4. The van der Waals surface area contributed by atoms with Crippen LogP contribution in [0.5, 0.6) is 5.75 Å². The number of amides is 1. The van der Waals surface area contributed by atoms with Crippen LogP contribution in [0, 0.1) is 0 Å². The van der Waals surface area contributed by atoms with Gasteiger partial charge in [-0.3, -0.25) is 4.79 Å². The molecule has 0 saturated carbocycles. The quantitative estimate of drug-likeness (QED) is 0.831. The number of aromatic nitrogens is 3. The summed E-state index contributed by atoms with van der Waals surface area (Å²) in [7, 11) is 0. The van der Waals surface area contributed by atoms with Gasteiger partial charge in [-0.05, 0) is 24.6 Å². The Bertz CT molecular complexity index is 589. The molecule has 1 aliphatic rings. The first-order chi connectivity index (χ1) is 10.3. The smallest absolute Gasteiger partial charge is 0.227 e. The van der Waals surface area contributed by atoms with E-state index in [1.165, 1.54) is 0 Å². The highest BCUT2D eigenvalue weighted by Crippen LogP contribution is 2.20. The molecular weight excluding hydrogens is 268 g/mol. The zero-order valence-corrected chi connectivity index (χ0v) is 12.0. The second-order valence-electron chi connectivity index (χ2n) is 5.06. The molecule has 1 aromatic carbocycles. The van der Waals surface area contributed by atoms with E-state index in [0.29, 0.717) is 26.1 Å². The van der Waals surface area contributed by atoms with Crippen molar-refractivity contribution in [1.82, 2.24) is 19.9 Å². The van der Waals surface area contributed by atoms with Gasteiger partial charge in [-0.25, -0.2) is 0 Å². The van der Waals surface area contributed by atoms with Crippen LogP contribution in [0.4, 0.5) is 0 Å². The molecule has 0 unspecified atom stereocenters. The van der Waals surface area contributed by atoms with Crippen LogP contribution in [0.1, 0.15) is 18.5 Å². The topological polar surface area (TPSA) is 60.2 Å². The molecule has 3 rings (SSSR count). The van der Waals surface area contributed by atoms with Gasteiger partial charge in [0.2, 0.25) is 5.91 Å². The number of nitrogens with zero attached hydrogens (tertiary/aromatic N) is 4. The summed E-state index contributed by atoms with van der Waals surface area (Å²) >= 11 is 0. The minimum Gasteiger partial charge on any atom is -0.494 e. The average Bonchev–Trinajstić information content (AvgIpc) is 2.93. The number of benzene rings is 1. The van der Waals surface area contributed by atoms with Crippen LogP contribution < -0.4 is 4.74 Å². The molecule has 1 amide bonds. The molecule has 0 atom stereocenters. The summed E-state index contributed by atoms with van der Waals surface area (Å²) in [6.07, 6.45) is 3.74. The predicted octanol–water partition coefficient (Wildman–Crippen LogP) is 1.30. The Labute approximate surface area is 123 Å². The number of carbonyl (C=O) groups excluding carboxylic acids is 1. The molecule has 2 heterocycles. The van der Waals surface area contributed by atoms with Crippen LogP contribution in [-0.2, 0) is 11.2 Å². The van der Waals surface area contributed by atoms with Crippen molar-refractivity contribution in [2.45, 2.75) is 19.4 Å². The third-order valence-electron chi connectivity index (χ3n) is 3.57. The lowest BCUT2D eigenvalue weighted by Gasteiger charge is -2.38. The highest BCUT2D eigenvalue weighted by Gasteiger charge is 2.32. The monoisotopic (exact) mass is 286 g/mol. The van der Waals surface area contributed by atoms with Crippen LogP contribution in [0.2, 0.25) is 0 Å². The lowest BCUT2D eigenvalue weighted by atomic mass is 10.1. The normalized spacial score (nSPS) is 14.8. The van der Waals surface area contributed by atoms with E-state index in [4.69, 9.17) is 4.74 Å². The summed E-state index contributed by atoms with van der Waals surface area (Å²) < 4.78 is 5.39. The predicted molar refractivity (Wildman–Crippen MR) is 77.0 cm³/mol. The van der Waals surface area contributed by atoms with Crippen molar-refractivity contribution in [2.24, 2.45) is 0 Å². The molecule has 0 spiro atoms. The summed E-state index contributed by atoms with van der Waals surface area (Å²) in [4.78, 5) is 15.7. The molecule has 6 nitrogen and oxygen atoms in total. The van der Waals surface area contributed by atoms with Crippen LogP contribution in [0.15, 0.2) is 36.7 Å². The Balaban J connectivity index is 1.51. The van der Waals surface area contributed by atoms with Gasteiger partial charge < -0.3 is 9.64 Å². The minimum absolute atomic E-state index is 0.141. The first kappa shape index (κ1) is 13.6. The van der Waals surface area contributed by atoms with Crippen molar-refractivity contribution in [3.8, 4) is 5.75 Å². The zero-order chi connectivity index (χ0) is 14.7. The molecule has 0 radical (unpaired) electrons. The van der Waals surface area contributed by atoms with E-state index in [-0.39, 0.29) is 11.9 Å². The molecule has 0 N–H and O–H groups in total. The third-order valence-corrected chi connectivity index (χ3v) is 3.57. The van der Waals surface area contributed by atoms with Crippen molar-refractivity contribution in [2.75, 3.05) is 19.7 Å². The molecule has 1 saturated heterocycles. The van der Waals surface area contributed by atoms with Crippen molar-refractivity contribution in [1.29, 1.82) is 0 Å². The second kappa shape index (κ2) is 5.95. The molecule has 1 aliphatic heterocycles. The number of likely N-dealkylation sites (tertiary alicyclic amines) is 1. The van der Waals surface area contributed by atoms with E-state index in [1.807, 2.05) is 36.1 Å². The van der Waals surface area contributed by atoms with E-state index in [1.54, 1.807) is 17.2 Å². The number of hydrogen-bond donors (Lipinski definition) is 0. The standard InChI is InChI=1S/C15H18N4O2/c1-2-21-14-5-3-12(4-6-14)9-15(20)18-10-13(11-18)19-16-7-8-17-19/h3-8,13H,2,9-11H2,1H3. The van der Waals surface area contributed by atoms with Crippen LogP contribution in [0.25, 0.3) is 0 Å². The summed E-state index contributed by atoms with van der Waals surface area (Å²) in [5, 5.41) is 8.19. The van der Waals surface area contributed by atoms with E-state index in [0.717, 1.165) is 11.3 Å². The molecular formula is C15H18N4O2. The van der Waals surface area contributed by atoms with Gasteiger partial charge in [-0.2, -0.15) is 15.0 Å². The Hall–Kier alpha value is -2.37. The van der Waals surface area contributed by atoms with E-state index in [2.05, 4.69) is 10.2 Å². The van der Waals surface area contributed by atoms with E-state index in [9.17, 15) is 4.79 Å². The molecule has 110 valence electrons. The minimum atomic E-state index is 0.141. The van der Waals surface area contributed by atoms with Gasteiger partial charge in [0, 0.05) is 13.1 Å². The Morgan fingerprint density at radius 2 is 1.90 bits per heavy atom. The second-order valence-corrected chi connectivity index (χ2v) is 5.06. The number of carbonyl (C=O) groups is 1. The number of ether oxygens (including phenoxy) is 1. The van der Waals surface area contributed by atoms with Crippen molar-refractivity contribution in [3.63, 3.8) is 0 Å². The molecule has 6 heteroatoms. The largest absolute Gasteiger partial charge is 0.494 e. The SMILES string of the molecule is CCOc1ccc(CC(=O)N2CC(n3nccn3)C2)cc1. The molecule has 2 aromatic rings. The zero-order valence-electron chi connectivity index (χ0n) is 12.0. The van der Waals surface area contributed by atoms with Crippen LogP contribution >= 0.6 is 0 Å². The fourth-order valence-corrected chi connectivity index (χ4v) is 2.38. The van der Waals surface area contributed by atoms with E-state index < -0.39 is 0 Å². The first-order valence-electron chi connectivity index (χ1n) is 7.11. The Morgan fingerprint density at radius 1 is 1.24 bits per heavy atom. The van der Waals surface area contributed by atoms with Crippen molar-refractivity contribution in [3.05, 3.63) is 42.2 Å². The van der Waals surface area contributed by atoms with Gasteiger partial charge in [0.1, 0.15) is 11.8 Å². The average molecular weight is 286 g/mol. The van der Waals surface area contributed by atoms with Gasteiger partial charge >= 0.3 is 0 Å². The van der Waals surface area contributed by atoms with Gasteiger partial charge in [0.05, 0.1) is 25.4 Å². The maximum absolute atomic E-state index is 12.2. The maximum Gasteiger partial charge on any atom is 0.227 e. The summed E-state index contributed by atoms with van der Waals surface area (Å²) in [6, 6.07) is 7.89. The maximum atomic E-state index is 12.2. The first-order valence-corrected chi connectivity index (χ1v) is 7.11. The fourth-order valence-electron chi connectivity index (χ4n) is 2.38. The van der Waals surface area contributed by atoms with Crippen molar-refractivity contribution >= 4 is 5.91 Å². The van der Waals surface area contributed by atoms with E-state index >= 15 is 0 Å². The summed E-state index contributed by atoms with van der Waals surface area (Å²) in [6.45, 7) is 3.97. The van der Waals surface area contributed by atoms with Crippen molar-refractivity contribution < 1.29 is 9.53 Å². The molecule has 21 heavy (non-hydrogen) atoms. The molecule has 0 bridgehead atoms. The molecule has 0 aliphatic carbocycles. The van der Waals surface area contributed by atoms with Crippen LogP contribution in [-0.4, -0.2) is 45.5 Å². The van der Waals surface area contributed by atoms with Gasteiger partial charge in [-0.15, -0.1) is 0 Å². The van der Waals surface area contributed by atoms with Crippen LogP contribution in [0.3, 0.4) is 0 Å². The van der Waals surface area contributed by atoms with Gasteiger partial charge in [-0.1, -0.05) is 12.1 Å². The highest BCUT2D eigenvalue weighted by molar-refractivity contribution is 5.79. The van der Waals surface area contributed by atoms with Gasteiger partial charge in [0.15, 0.2) is 0 Å². The number of rotatable bonds is 5.